The number of ether oxygens (including phenoxy) is 3. The van der Waals surface area contributed by atoms with Gasteiger partial charge in [-0.1, -0.05) is 18.2 Å². The fourth-order valence-electron chi connectivity index (χ4n) is 4.26. The van der Waals surface area contributed by atoms with Crippen molar-refractivity contribution < 1.29 is 19.0 Å². The molecule has 196 valence electrons. The van der Waals surface area contributed by atoms with Gasteiger partial charge in [0, 0.05) is 56.3 Å². The Labute approximate surface area is 226 Å². The van der Waals surface area contributed by atoms with Crippen LogP contribution in [0.1, 0.15) is 39.9 Å². The molecule has 1 aromatic heterocycles. The molecule has 1 aliphatic heterocycles. The topological polar surface area (TPSA) is 85.8 Å². The van der Waals surface area contributed by atoms with Gasteiger partial charge < -0.3 is 19.5 Å². The van der Waals surface area contributed by atoms with Crippen LogP contribution in [-0.4, -0.2) is 73.9 Å². The number of aromatic nitrogens is 2. The number of amides is 1. The van der Waals surface area contributed by atoms with Crippen LogP contribution >= 0.6 is 15.9 Å². The van der Waals surface area contributed by atoms with Gasteiger partial charge in [0.1, 0.15) is 23.9 Å². The van der Waals surface area contributed by atoms with Crippen LogP contribution in [0.2, 0.25) is 0 Å². The molecule has 2 heterocycles. The minimum atomic E-state index is -0.0846. The van der Waals surface area contributed by atoms with Gasteiger partial charge in [0.25, 0.3) is 5.91 Å². The maximum Gasteiger partial charge on any atom is 0.251 e. The quantitative estimate of drug-likeness (QED) is 0.375. The Morgan fingerprint density at radius 2 is 1.95 bits per heavy atom. The number of rotatable bonds is 11. The van der Waals surface area contributed by atoms with Crippen LogP contribution in [0, 0.1) is 0 Å². The third kappa shape index (κ3) is 7.50. The molecule has 1 N–H and O–H groups in total. The van der Waals surface area contributed by atoms with Crippen LogP contribution in [-0.2, 0) is 17.6 Å². The molecule has 0 bridgehead atoms. The molecule has 0 radical (unpaired) electrons. The summed E-state index contributed by atoms with van der Waals surface area (Å²) in [6, 6.07) is 13.4. The number of hydrogen-bond donors (Lipinski definition) is 1. The molecule has 1 saturated heterocycles. The molecule has 1 amide bonds. The molecule has 1 fully saturated rings. The summed E-state index contributed by atoms with van der Waals surface area (Å²) < 4.78 is 17.8. The van der Waals surface area contributed by atoms with Gasteiger partial charge >= 0.3 is 0 Å². The molecule has 0 spiro atoms. The number of methoxy groups -OCH3 is 1. The van der Waals surface area contributed by atoms with E-state index in [0.29, 0.717) is 37.4 Å². The van der Waals surface area contributed by atoms with Crippen LogP contribution in [0.3, 0.4) is 0 Å². The van der Waals surface area contributed by atoms with E-state index in [1.54, 1.807) is 13.3 Å². The first-order valence-corrected chi connectivity index (χ1v) is 13.3. The predicted octanol–water partition coefficient (Wildman–Crippen LogP) is 3.89. The predicted molar refractivity (Wildman–Crippen MR) is 146 cm³/mol. The average molecular weight is 570 g/mol. The standard InChI is InChI=1S/C28H33BrN4O4/c1-3-30-28(34)23-7-5-4-6-20(23)17-25-24(29)19-31-27(32-25)18-21-16-22(8-9-26(21)35-2)37-15-12-33-10-13-36-14-11-33/h4-9,16,19H,3,10-15,17-18H2,1-2H3,(H,30,34). The molecule has 0 unspecified atom stereocenters. The number of morpholine rings is 1. The zero-order valence-electron chi connectivity index (χ0n) is 21.3. The number of carbonyl (C=O) groups excluding carboxylic acids is 1. The fourth-order valence-corrected chi connectivity index (χ4v) is 4.59. The summed E-state index contributed by atoms with van der Waals surface area (Å²) >= 11 is 3.58. The second-order valence-electron chi connectivity index (χ2n) is 8.73. The van der Waals surface area contributed by atoms with Crippen molar-refractivity contribution in [1.29, 1.82) is 0 Å². The summed E-state index contributed by atoms with van der Waals surface area (Å²) in [4.78, 5) is 24.2. The molecule has 0 atom stereocenters. The number of carbonyl (C=O) groups is 1. The molecule has 4 rings (SSSR count). The van der Waals surface area contributed by atoms with Gasteiger partial charge in [0.05, 0.1) is 30.5 Å². The largest absolute Gasteiger partial charge is 0.496 e. The SMILES string of the molecule is CCNC(=O)c1ccccc1Cc1nc(Cc2cc(OCCN3CCOCC3)ccc2OC)ncc1Br. The number of halogens is 1. The lowest BCUT2D eigenvalue weighted by Gasteiger charge is -2.26. The van der Waals surface area contributed by atoms with Gasteiger partial charge in [0.15, 0.2) is 0 Å². The van der Waals surface area contributed by atoms with Crippen molar-refractivity contribution in [2.24, 2.45) is 0 Å². The number of nitrogens with one attached hydrogen (secondary N) is 1. The summed E-state index contributed by atoms with van der Waals surface area (Å²) in [5, 5.41) is 2.88. The Balaban J connectivity index is 1.48. The van der Waals surface area contributed by atoms with Crippen LogP contribution in [0.5, 0.6) is 11.5 Å². The van der Waals surface area contributed by atoms with Crippen molar-refractivity contribution in [2.75, 3.05) is 53.1 Å². The highest BCUT2D eigenvalue weighted by molar-refractivity contribution is 9.10. The lowest BCUT2D eigenvalue weighted by Crippen LogP contribution is -2.38. The zero-order valence-corrected chi connectivity index (χ0v) is 22.9. The Morgan fingerprint density at radius 1 is 1.14 bits per heavy atom. The first-order chi connectivity index (χ1) is 18.1. The third-order valence-corrected chi connectivity index (χ3v) is 6.87. The molecule has 8 nitrogen and oxygen atoms in total. The number of benzene rings is 2. The van der Waals surface area contributed by atoms with Crippen molar-refractivity contribution in [2.45, 2.75) is 19.8 Å². The zero-order chi connectivity index (χ0) is 26.0. The molecule has 0 aliphatic carbocycles. The van der Waals surface area contributed by atoms with Gasteiger partial charge in [0.2, 0.25) is 0 Å². The van der Waals surface area contributed by atoms with Crippen LogP contribution in [0.15, 0.2) is 53.1 Å². The smallest absolute Gasteiger partial charge is 0.251 e. The summed E-state index contributed by atoms with van der Waals surface area (Å²) in [5.41, 5.74) is 3.33. The highest BCUT2D eigenvalue weighted by atomic mass is 79.9. The summed E-state index contributed by atoms with van der Waals surface area (Å²) in [7, 11) is 1.66. The molecular formula is C28H33BrN4O4. The fraction of sp³-hybridized carbons (Fsp3) is 0.393. The first-order valence-electron chi connectivity index (χ1n) is 12.5. The Morgan fingerprint density at radius 3 is 2.73 bits per heavy atom. The van der Waals surface area contributed by atoms with Crippen molar-refractivity contribution >= 4 is 21.8 Å². The molecular weight excluding hydrogens is 536 g/mol. The molecule has 37 heavy (non-hydrogen) atoms. The van der Waals surface area contributed by atoms with Crippen molar-refractivity contribution in [3.05, 3.63) is 81.3 Å². The molecule has 3 aromatic rings. The minimum absolute atomic E-state index is 0.0846. The lowest BCUT2D eigenvalue weighted by atomic mass is 10.0. The second kappa shape index (κ2) is 13.5. The average Bonchev–Trinajstić information content (AvgIpc) is 2.92. The van der Waals surface area contributed by atoms with E-state index in [1.165, 1.54) is 0 Å². The van der Waals surface area contributed by atoms with E-state index in [0.717, 1.165) is 65.6 Å². The van der Waals surface area contributed by atoms with Crippen molar-refractivity contribution in [3.8, 4) is 11.5 Å². The van der Waals surface area contributed by atoms with E-state index in [1.807, 2.05) is 49.4 Å². The van der Waals surface area contributed by atoms with E-state index in [-0.39, 0.29) is 5.91 Å². The van der Waals surface area contributed by atoms with Crippen LogP contribution in [0.4, 0.5) is 0 Å². The van der Waals surface area contributed by atoms with E-state index in [2.05, 4.69) is 31.1 Å². The Bertz CT molecular complexity index is 1200. The van der Waals surface area contributed by atoms with E-state index >= 15 is 0 Å². The molecule has 2 aromatic carbocycles. The summed E-state index contributed by atoms with van der Waals surface area (Å²) in [6.07, 6.45) is 2.76. The summed E-state index contributed by atoms with van der Waals surface area (Å²) in [6.45, 7) is 7.39. The van der Waals surface area contributed by atoms with Crippen molar-refractivity contribution in [3.63, 3.8) is 0 Å². The van der Waals surface area contributed by atoms with E-state index in [9.17, 15) is 4.79 Å². The highest BCUT2D eigenvalue weighted by Gasteiger charge is 2.15. The highest BCUT2D eigenvalue weighted by Crippen LogP contribution is 2.27. The maximum atomic E-state index is 12.5. The van der Waals surface area contributed by atoms with E-state index < -0.39 is 0 Å². The monoisotopic (exact) mass is 568 g/mol. The molecule has 1 aliphatic rings. The number of nitrogens with zero attached hydrogens (tertiary/aromatic N) is 3. The van der Waals surface area contributed by atoms with Gasteiger partial charge in [-0.15, -0.1) is 0 Å². The van der Waals surface area contributed by atoms with Crippen molar-refractivity contribution in [1.82, 2.24) is 20.2 Å². The molecule has 0 saturated carbocycles. The van der Waals surface area contributed by atoms with Gasteiger partial charge in [-0.05, 0) is 52.7 Å². The lowest BCUT2D eigenvalue weighted by molar-refractivity contribution is 0.0322. The van der Waals surface area contributed by atoms with Gasteiger partial charge in [-0.2, -0.15) is 0 Å². The number of hydrogen-bond acceptors (Lipinski definition) is 7. The third-order valence-electron chi connectivity index (χ3n) is 6.20. The summed E-state index contributed by atoms with van der Waals surface area (Å²) in [5.74, 6) is 2.13. The maximum absolute atomic E-state index is 12.5. The van der Waals surface area contributed by atoms with E-state index in [4.69, 9.17) is 19.2 Å². The molecule has 9 heteroatoms. The minimum Gasteiger partial charge on any atom is -0.496 e. The Hall–Kier alpha value is -3.01. The van der Waals surface area contributed by atoms with Gasteiger partial charge in [-0.3, -0.25) is 9.69 Å². The Kier molecular flexibility index (Phi) is 9.87. The van der Waals surface area contributed by atoms with Crippen LogP contribution in [0.25, 0.3) is 0 Å². The normalized spacial score (nSPS) is 13.8. The first kappa shape index (κ1) is 27.0. The van der Waals surface area contributed by atoms with Gasteiger partial charge in [-0.25, -0.2) is 9.97 Å². The second-order valence-corrected chi connectivity index (χ2v) is 9.58. The van der Waals surface area contributed by atoms with Crippen LogP contribution < -0.4 is 14.8 Å².